The van der Waals surface area contributed by atoms with Gasteiger partial charge < -0.3 is 20.3 Å². The third-order valence-electron chi connectivity index (χ3n) is 2.75. The largest absolute Gasteiger partial charge is 0.394 e. The summed E-state index contributed by atoms with van der Waals surface area (Å²) in [5.74, 6) is -0.549. The average molecular weight is 242 g/mol. The molecule has 2 aliphatic heterocycles. The van der Waals surface area contributed by atoms with Crippen molar-refractivity contribution in [3.05, 3.63) is 16.1 Å². The van der Waals surface area contributed by atoms with E-state index in [2.05, 4.69) is 4.98 Å². The van der Waals surface area contributed by atoms with Crippen LogP contribution in [-0.2, 0) is 9.47 Å². The lowest BCUT2D eigenvalue weighted by Gasteiger charge is -2.13. The summed E-state index contributed by atoms with van der Waals surface area (Å²) in [6, 6.07) is 0. The molecule has 0 aliphatic carbocycles. The number of rotatable bonds is 3. The number of thiazole rings is 1. The van der Waals surface area contributed by atoms with Crippen LogP contribution in [0.15, 0.2) is 5.38 Å². The lowest BCUT2D eigenvalue weighted by molar-refractivity contribution is -0.0532. The summed E-state index contributed by atoms with van der Waals surface area (Å²) in [6.45, 7) is -0.0638. The number of aliphatic hydroxyl groups is 1. The zero-order valence-electron chi connectivity index (χ0n) is 8.20. The fraction of sp³-hybridized carbons (Fsp3) is 0.556. The third-order valence-corrected chi connectivity index (χ3v) is 3.65. The van der Waals surface area contributed by atoms with Crippen molar-refractivity contribution in [1.29, 1.82) is 0 Å². The van der Waals surface area contributed by atoms with Crippen LogP contribution >= 0.6 is 11.3 Å². The number of aliphatic hydroxyl groups excluding tert-OH is 1. The Labute approximate surface area is 95.0 Å². The Morgan fingerprint density at radius 3 is 2.94 bits per heavy atom. The summed E-state index contributed by atoms with van der Waals surface area (Å²) in [5, 5.41) is 11.3. The molecule has 3 heterocycles. The molecule has 0 spiro atoms. The predicted molar refractivity (Wildman–Crippen MR) is 54.0 cm³/mol. The first-order valence-electron chi connectivity index (χ1n) is 4.87. The zero-order valence-corrected chi connectivity index (χ0v) is 9.02. The number of amides is 1. The summed E-state index contributed by atoms with van der Waals surface area (Å²) >= 11 is 1.32. The van der Waals surface area contributed by atoms with Gasteiger partial charge in [0, 0.05) is 5.38 Å². The normalized spacial score (nSPS) is 36.1. The Morgan fingerprint density at radius 1 is 1.56 bits per heavy atom. The molecule has 1 aromatic rings. The second-order valence-corrected chi connectivity index (χ2v) is 4.67. The standard InChI is InChI=1S/C9H10N2O4S/c10-8(13)3-2-16-9(11-3)7-6-5(15-6)4(1-12)14-7/h2,4-7,12H,1H2,(H2,10,13)/t4-,5-,6-,7-/m1/s1. The number of primary amides is 1. The van der Waals surface area contributed by atoms with Crippen LogP contribution < -0.4 is 5.73 Å². The molecule has 0 unspecified atom stereocenters. The molecule has 0 radical (unpaired) electrons. The quantitative estimate of drug-likeness (QED) is 0.692. The zero-order chi connectivity index (χ0) is 11.3. The van der Waals surface area contributed by atoms with Gasteiger partial charge in [0.15, 0.2) is 0 Å². The molecule has 6 nitrogen and oxygen atoms in total. The second kappa shape index (κ2) is 3.49. The molecule has 4 atom stereocenters. The highest BCUT2D eigenvalue weighted by Crippen LogP contribution is 2.47. The number of nitrogens with two attached hydrogens (primary N) is 1. The maximum absolute atomic E-state index is 10.9. The molecular weight excluding hydrogens is 232 g/mol. The number of ether oxygens (including phenoxy) is 2. The minimum Gasteiger partial charge on any atom is -0.394 e. The Balaban J connectivity index is 1.80. The monoisotopic (exact) mass is 242 g/mol. The molecule has 0 bridgehead atoms. The van der Waals surface area contributed by atoms with Gasteiger partial charge in [-0.3, -0.25) is 4.79 Å². The van der Waals surface area contributed by atoms with E-state index in [1.165, 1.54) is 11.3 Å². The molecule has 86 valence electrons. The number of hydrogen-bond acceptors (Lipinski definition) is 6. The molecule has 2 saturated heterocycles. The lowest BCUT2D eigenvalue weighted by atomic mass is 10.2. The minimum absolute atomic E-state index is 0.0315. The smallest absolute Gasteiger partial charge is 0.268 e. The molecule has 0 aromatic carbocycles. The molecule has 0 saturated carbocycles. The molecule has 1 amide bonds. The van der Waals surface area contributed by atoms with Gasteiger partial charge in [0.25, 0.3) is 5.91 Å². The van der Waals surface area contributed by atoms with E-state index in [0.29, 0.717) is 5.01 Å². The number of carbonyl (C=O) groups excluding carboxylic acids is 1. The molecular formula is C9H10N2O4S. The fourth-order valence-corrected chi connectivity index (χ4v) is 2.78. The van der Waals surface area contributed by atoms with Gasteiger partial charge in [0.1, 0.15) is 35.1 Å². The van der Waals surface area contributed by atoms with E-state index in [1.807, 2.05) is 0 Å². The highest BCUT2D eigenvalue weighted by Gasteiger charge is 2.59. The van der Waals surface area contributed by atoms with E-state index < -0.39 is 5.91 Å². The minimum atomic E-state index is -0.549. The fourth-order valence-electron chi connectivity index (χ4n) is 1.90. The van der Waals surface area contributed by atoms with Gasteiger partial charge >= 0.3 is 0 Å². The number of nitrogens with zero attached hydrogens (tertiary/aromatic N) is 1. The Hall–Kier alpha value is -1.02. The van der Waals surface area contributed by atoms with E-state index in [1.54, 1.807) is 5.38 Å². The summed E-state index contributed by atoms with van der Waals surface area (Å²) in [6.07, 6.45) is -0.629. The van der Waals surface area contributed by atoms with Gasteiger partial charge in [0.2, 0.25) is 0 Å². The molecule has 7 heteroatoms. The summed E-state index contributed by atoms with van der Waals surface area (Å²) in [5.41, 5.74) is 5.36. The molecule has 3 N–H and O–H groups in total. The summed E-state index contributed by atoms with van der Waals surface area (Å²) in [7, 11) is 0. The van der Waals surface area contributed by atoms with Crippen molar-refractivity contribution in [2.75, 3.05) is 6.61 Å². The Bertz CT molecular complexity index is 435. The highest BCUT2D eigenvalue weighted by atomic mass is 32.1. The van der Waals surface area contributed by atoms with E-state index in [-0.39, 0.29) is 36.7 Å². The van der Waals surface area contributed by atoms with Crippen LogP contribution in [0, 0.1) is 0 Å². The van der Waals surface area contributed by atoms with Gasteiger partial charge in [-0.25, -0.2) is 4.98 Å². The summed E-state index contributed by atoms with van der Waals surface area (Å²) in [4.78, 5) is 15.0. The number of hydrogen-bond donors (Lipinski definition) is 2. The van der Waals surface area contributed by atoms with Crippen LogP contribution in [0.5, 0.6) is 0 Å². The third kappa shape index (κ3) is 1.44. The first-order chi connectivity index (χ1) is 7.70. The number of epoxide rings is 1. The van der Waals surface area contributed by atoms with Crippen molar-refractivity contribution in [3.8, 4) is 0 Å². The molecule has 16 heavy (non-hydrogen) atoms. The number of fused-ring (bicyclic) bond motifs is 1. The van der Waals surface area contributed by atoms with Gasteiger partial charge in [-0.1, -0.05) is 0 Å². The van der Waals surface area contributed by atoms with E-state index in [9.17, 15) is 4.79 Å². The van der Waals surface area contributed by atoms with Gasteiger partial charge in [-0.15, -0.1) is 11.3 Å². The molecule has 3 rings (SSSR count). The van der Waals surface area contributed by atoms with E-state index >= 15 is 0 Å². The van der Waals surface area contributed by atoms with Gasteiger partial charge in [-0.2, -0.15) is 0 Å². The number of carbonyl (C=O) groups is 1. The van der Waals surface area contributed by atoms with Crippen LogP contribution in [-0.4, -0.2) is 40.9 Å². The topological polar surface area (TPSA) is 98.0 Å². The SMILES string of the molecule is NC(=O)c1csc([C@@H]2O[C@H](CO)[C@H]3O[C@H]32)n1. The maximum atomic E-state index is 10.9. The lowest BCUT2D eigenvalue weighted by Crippen LogP contribution is -2.20. The van der Waals surface area contributed by atoms with Crippen molar-refractivity contribution in [1.82, 2.24) is 4.98 Å². The van der Waals surface area contributed by atoms with Crippen LogP contribution in [0.2, 0.25) is 0 Å². The number of aromatic nitrogens is 1. The van der Waals surface area contributed by atoms with Crippen molar-refractivity contribution >= 4 is 17.2 Å². The summed E-state index contributed by atoms with van der Waals surface area (Å²) < 4.78 is 10.9. The second-order valence-electron chi connectivity index (χ2n) is 3.78. The maximum Gasteiger partial charge on any atom is 0.268 e. The first-order valence-corrected chi connectivity index (χ1v) is 5.75. The van der Waals surface area contributed by atoms with Crippen molar-refractivity contribution in [3.63, 3.8) is 0 Å². The van der Waals surface area contributed by atoms with Crippen molar-refractivity contribution in [2.45, 2.75) is 24.4 Å². The average Bonchev–Trinajstić information content (AvgIpc) is 2.78. The van der Waals surface area contributed by atoms with E-state index in [4.69, 9.17) is 20.3 Å². The van der Waals surface area contributed by atoms with Gasteiger partial charge in [-0.05, 0) is 0 Å². The molecule has 1 aromatic heterocycles. The van der Waals surface area contributed by atoms with Crippen LogP contribution in [0.3, 0.4) is 0 Å². The van der Waals surface area contributed by atoms with E-state index in [0.717, 1.165) is 0 Å². The van der Waals surface area contributed by atoms with Crippen LogP contribution in [0.4, 0.5) is 0 Å². The molecule has 2 fully saturated rings. The Morgan fingerprint density at radius 2 is 2.38 bits per heavy atom. The molecule has 2 aliphatic rings. The van der Waals surface area contributed by atoms with Crippen LogP contribution in [0.1, 0.15) is 21.6 Å². The first kappa shape index (κ1) is 10.2. The van der Waals surface area contributed by atoms with Crippen molar-refractivity contribution in [2.24, 2.45) is 5.73 Å². The van der Waals surface area contributed by atoms with Crippen molar-refractivity contribution < 1.29 is 19.4 Å². The predicted octanol–water partition coefficient (Wildman–Crippen LogP) is -0.558. The van der Waals surface area contributed by atoms with Crippen LogP contribution in [0.25, 0.3) is 0 Å². The highest BCUT2D eigenvalue weighted by molar-refractivity contribution is 7.09. The Kier molecular flexibility index (Phi) is 2.21. The van der Waals surface area contributed by atoms with Gasteiger partial charge in [0.05, 0.1) is 6.61 Å².